The summed E-state index contributed by atoms with van der Waals surface area (Å²) >= 11 is 0. The SMILES string of the molecule is [N-]=[N+]=NCC1OC(O)C(O)C(O)[C@H]1O. The van der Waals surface area contributed by atoms with Crippen molar-refractivity contribution in [3.8, 4) is 0 Å². The molecule has 0 aromatic heterocycles. The number of azide groups is 1. The molecule has 14 heavy (non-hydrogen) atoms. The van der Waals surface area contributed by atoms with Gasteiger partial charge in [-0.2, -0.15) is 0 Å². The molecule has 0 aromatic carbocycles. The van der Waals surface area contributed by atoms with Crippen LogP contribution in [-0.2, 0) is 4.74 Å². The zero-order chi connectivity index (χ0) is 10.7. The van der Waals surface area contributed by atoms with Gasteiger partial charge >= 0.3 is 0 Å². The summed E-state index contributed by atoms with van der Waals surface area (Å²) in [6.45, 7) is -0.224. The number of ether oxygens (including phenoxy) is 1. The minimum absolute atomic E-state index is 0.224. The first-order valence-corrected chi connectivity index (χ1v) is 3.96. The number of hydrogen-bond acceptors (Lipinski definition) is 6. The van der Waals surface area contributed by atoms with Crippen molar-refractivity contribution in [2.75, 3.05) is 6.54 Å². The van der Waals surface area contributed by atoms with Gasteiger partial charge in [-0.25, -0.2) is 0 Å². The van der Waals surface area contributed by atoms with Gasteiger partial charge in [0.05, 0.1) is 12.6 Å². The molecule has 5 atom stereocenters. The predicted molar refractivity (Wildman–Crippen MR) is 42.9 cm³/mol. The summed E-state index contributed by atoms with van der Waals surface area (Å²) < 4.78 is 4.71. The molecule has 1 fully saturated rings. The van der Waals surface area contributed by atoms with E-state index < -0.39 is 30.7 Å². The minimum atomic E-state index is -1.59. The van der Waals surface area contributed by atoms with Gasteiger partial charge in [0, 0.05) is 4.91 Å². The largest absolute Gasteiger partial charge is 0.388 e. The van der Waals surface area contributed by atoms with E-state index in [4.69, 9.17) is 20.5 Å². The molecule has 1 aliphatic rings. The Morgan fingerprint density at radius 2 is 1.79 bits per heavy atom. The fourth-order valence-corrected chi connectivity index (χ4v) is 1.20. The summed E-state index contributed by atoms with van der Waals surface area (Å²) in [6, 6.07) is 0. The van der Waals surface area contributed by atoms with Crippen LogP contribution in [0.3, 0.4) is 0 Å². The average molecular weight is 205 g/mol. The van der Waals surface area contributed by atoms with Crippen LogP contribution in [0, 0.1) is 0 Å². The molecule has 1 saturated heterocycles. The van der Waals surface area contributed by atoms with E-state index in [1.807, 2.05) is 0 Å². The van der Waals surface area contributed by atoms with Gasteiger partial charge in [-0.3, -0.25) is 0 Å². The van der Waals surface area contributed by atoms with Crippen LogP contribution in [0.5, 0.6) is 0 Å². The third kappa shape index (κ3) is 2.13. The lowest BCUT2D eigenvalue weighted by Crippen LogP contribution is -2.58. The van der Waals surface area contributed by atoms with Crippen LogP contribution in [0.15, 0.2) is 5.11 Å². The van der Waals surface area contributed by atoms with Crippen molar-refractivity contribution in [2.45, 2.75) is 30.7 Å². The van der Waals surface area contributed by atoms with Gasteiger partial charge in [0.2, 0.25) is 0 Å². The Balaban J connectivity index is 2.64. The van der Waals surface area contributed by atoms with Crippen molar-refractivity contribution in [1.29, 1.82) is 0 Å². The van der Waals surface area contributed by atoms with Crippen molar-refractivity contribution >= 4 is 0 Å². The molecule has 8 heteroatoms. The van der Waals surface area contributed by atoms with E-state index in [9.17, 15) is 10.2 Å². The van der Waals surface area contributed by atoms with Gasteiger partial charge < -0.3 is 25.2 Å². The highest BCUT2D eigenvalue weighted by molar-refractivity contribution is 4.89. The third-order valence-corrected chi connectivity index (χ3v) is 2.01. The van der Waals surface area contributed by atoms with Gasteiger partial charge in [-0.05, 0) is 5.53 Å². The fraction of sp³-hybridized carbons (Fsp3) is 1.00. The molecule has 0 saturated carbocycles. The molecular formula is C6H11N3O5. The molecule has 0 amide bonds. The van der Waals surface area contributed by atoms with E-state index >= 15 is 0 Å². The molecule has 0 aliphatic carbocycles. The standard InChI is InChI=1S/C6H11N3O5/c7-9-8-1-2-3(10)4(11)5(12)6(13)14-2/h2-6,10-13H,1H2/t2?,3-,4?,5?,6?/m0/s1. The summed E-state index contributed by atoms with van der Waals surface area (Å²) in [6.07, 6.45) is -7.07. The lowest BCUT2D eigenvalue weighted by molar-refractivity contribution is -0.279. The molecule has 0 radical (unpaired) electrons. The zero-order valence-corrected chi connectivity index (χ0v) is 7.13. The fourth-order valence-electron chi connectivity index (χ4n) is 1.20. The van der Waals surface area contributed by atoms with Gasteiger partial charge in [0.25, 0.3) is 0 Å². The summed E-state index contributed by atoms with van der Waals surface area (Å²) in [7, 11) is 0. The number of hydrogen-bond donors (Lipinski definition) is 4. The van der Waals surface area contributed by atoms with Crippen LogP contribution in [0.4, 0.5) is 0 Å². The molecular weight excluding hydrogens is 194 g/mol. The topological polar surface area (TPSA) is 139 Å². The molecule has 0 aromatic rings. The van der Waals surface area contributed by atoms with E-state index in [1.54, 1.807) is 0 Å². The molecule has 1 heterocycles. The Hall–Kier alpha value is -0.890. The quantitative estimate of drug-likeness (QED) is 0.237. The van der Waals surface area contributed by atoms with Gasteiger partial charge in [-0.15, -0.1) is 0 Å². The summed E-state index contributed by atoms with van der Waals surface area (Å²) in [5, 5.41) is 39.8. The summed E-state index contributed by atoms with van der Waals surface area (Å²) in [5.74, 6) is 0. The Morgan fingerprint density at radius 1 is 1.14 bits per heavy atom. The molecule has 8 nitrogen and oxygen atoms in total. The number of rotatable bonds is 2. The highest BCUT2D eigenvalue weighted by atomic mass is 16.6. The normalized spacial score (nSPS) is 43.0. The second kappa shape index (κ2) is 4.56. The molecule has 1 rings (SSSR count). The van der Waals surface area contributed by atoms with Crippen molar-refractivity contribution in [2.24, 2.45) is 5.11 Å². The second-order valence-electron chi connectivity index (χ2n) is 2.95. The van der Waals surface area contributed by atoms with E-state index in [0.29, 0.717) is 0 Å². The van der Waals surface area contributed by atoms with Crippen LogP contribution in [-0.4, -0.2) is 57.7 Å². The van der Waals surface area contributed by atoms with E-state index in [2.05, 4.69) is 10.0 Å². The van der Waals surface area contributed by atoms with Gasteiger partial charge in [0.1, 0.15) is 18.3 Å². The Labute approximate surface area is 79.0 Å². The van der Waals surface area contributed by atoms with E-state index in [0.717, 1.165) is 0 Å². The van der Waals surface area contributed by atoms with Crippen LogP contribution < -0.4 is 0 Å². The molecule has 80 valence electrons. The maximum atomic E-state index is 9.32. The highest BCUT2D eigenvalue weighted by Gasteiger charge is 2.42. The summed E-state index contributed by atoms with van der Waals surface area (Å²) in [5.41, 5.74) is 8.01. The number of nitrogens with zero attached hydrogens (tertiary/aromatic N) is 3. The maximum absolute atomic E-state index is 9.32. The second-order valence-corrected chi connectivity index (χ2v) is 2.95. The van der Waals surface area contributed by atoms with E-state index in [-0.39, 0.29) is 6.54 Å². The lowest BCUT2D eigenvalue weighted by Gasteiger charge is -2.37. The Bertz CT molecular complexity index is 244. The third-order valence-electron chi connectivity index (χ3n) is 2.01. The molecule has 4 N–H and O–H groups in total. The maximum Gasteiger partial charge on any atom is 0.183 e. The average Bonchev–Trinajstić information content (AvgIpc) is 2.18. The van der Waals surface area contributed by atoms with Crippen LogP contribution >= 0.6 is 0 Å². The Morgan fingerprint density at radius 3 is 2.36 bits per heavy atom. The van der Waals surface area contributed by atoms with Crippen molar-refractivity contribution in [3.05, 3.63) is 10.4 Å². The first-order valence-electron chi connectivity index (χ1n) is 3.96. The van der Waals surface area contributed by atoms with Crippen LogP contribution in [0.2, 0.25) is 0 Å². The number of aliphatic hydroxyl groups excluding tert-OH is 4. The van der Waals surface area contributed by atoms with Gasteiger partial charge in [0.15, 0.2) is 6.29 Å². The zero-order valence-electron chi connectivity index (χ0n) is 7.13. The first kappa shape index (κ1) is 11.2. The molecule has 0 spiro atoms. The monoisotopic (exact) mass is 205 g/mol. The first-order chi connectivity index (χ1) is 6.57. The Kier molecular flexibility index (Phi) is 3.64. The lowest BCUT2D eigenvalue weighted by atomic mass is 9.99. The predicted octanol–water partition coefficient (Wildman–Crippen LogP) is -1.90. The van der Waals surface area contributed by atoms with E-state index in [1.165, 1.54) is 0 Å². The van der Waals surface area contributed by atoms with Crippen LogP contribution in [0.1, 0.15) is 0 Å². The highest BCUT2D eigenvalue weighted by Crippen LogP contribution is 2.19. The summed E-state index contributed by atoms with van der Waals surface area (Å²) in [4.78, 5) is 2.44. The molecule has 4 unspecified atom stereocenters. The molecule has 1 aliphatic heterocycles. The van der Waals surface area contributed by atoms with Crippen molar-refractivity contribution in [3.63, 3.8) is 0 Å². The van der Waals surface area contributed by atoms with Crippen LogP contribution in [0.25, 0.3) is 10.4 Å². The van der Waals surface area contributed by atoms with Crippen molar-refractivity contribution < 1.29 is 25.2 Å². The molecule has 0 bridgehead atoms. The van der Waals surface area contributed by atoms with Gasteiger partial charge in [-0.1, -0.05) is 5.11 Å². The smallest absolute Gasteiger partial charge is 0.183 e. The van der Waals surface area contributed by atoms with Crippen molar-refractivity contribution in [1.82, 2.24) is 0 Å². The minimum Gasteiger partial charge on any atom is -0.388 e. The number of aliphatic hydroxyl groups is 4.